The van der Waals surface area contributed by atoms with Crippen LogP contribution in [0.5, 0.6) is 0 Å². The number of benzene rings is 1. The van der Waals surface area contributed by atoms with Gasteiger partial charge in [0.25, 0.3) is 5.91 Å². The van der Waals surface area contributed by atoms with E-state index in [4.69, 9.17) is 4.42 Å². The lowest BCUT2D eigenvalue weighted by molar-refractivity contribution is 0.0912. The summed E-state index contributed by atoms with van der Waals surface area (Å²) >= 11 is 0. The summed E-state index contributed by atoms with van der Waals surface area (Å²) in [6.07, 6.45) is 0. The second kappa shape index (κ2) is 5.85. The Balaban J connectivity index is 1.91. The average molecular weight is 296 g/mol. The highest BCUT2D eigenvalue weighted by Gasteiger charge is 2.22. The minimum atomic E-state index is -0.441. The molecule has 2 heterocycles. The molecule has 112 valence electrons. The predicted octanol–water partition coefficient (Wildman–Crippen LogP) is 2.53. The third-order valence-corrected chi connectivity index (χ3v) is 3.25. The number of carbonyl (C=O) groups excluding carboxylic acids is 1. The largest absolute Gasteiger partial charge is 0.456 e. The SMILES string of the molecule is Cc1nc([C@H](NC(=O)c2ccc(C)o2)c2ccccc2)n[nH]1. The molecular weight excluding hydrogens is 280 g/mol. The van der Waals surface area contributed by atoms with Crippen molar-refractivity contribution in [1.29, 1.82) is 0 Å². The Morgan fingerprint density at radius 3 is 2.55 bits per heavy atom. The van der Waals surface area contributed by atoms with Gasteiger partial charge in [-0.3, -0.25) is 9.89 Å². The van der Waals surface area contributed by atoms with Crippen molar-refractivity contribution in [2.45, 2.75) is 19.9 Å². The van der Waals surface area contributed by atoms with Crippen LogP contribution in [0.15, 0.2) is 46.9 Å². The van der Waals surface area contributed by atoms with Gasteiger partial charge in [-0.25, -0.2) is 4.98 Å². The number of rotatable bonds is 4. The lowest BCUT2D eigenvalue weighted by atomic mass is 10.1. The number of amides is 1. The molecule has 0 fully saturated rings. The summed E-state index contributed by atoms with van der Waals surface area (Å²) in [5.74, 6) is 1.87. The summed E-state index contributed by atoms with van der Waals surface area (Å²) in [6.45, 7) is 3.61. The summed E-state index contributed by atoms with van der Waals surface area (Å²) in [5.41, 5.74) is 0.901. The number of hydrogen-bond acceptors (Lipinski definition) is 4. The van der Waals surface area contributed by atoms with Gasteiger partial charge in [-0.1, -0.05) is 30.3 Å². The van der Waals surface area contributed by atoms with Crippen LogP contribution in [-0.4, -0.2) is 21.1 Å². The van der Waals surface area contributed by atoms with Crippen molar-refractivity contribution in [2.75, 3.05) is 0 Å². The molecule has 0 radical (unpaired) electrons. The predicted molar refractivity (Wildman–Crippen MR) is 80.3 cm³/mol. The highest BCUT2D eigenvalue weighted by molar-refractivity contribution is 5.92. The van der Waals surface area contributed by atoms with Gasteiger partial charge < -0.3 is 9.73 Å². The lowest BCUT2D eigenvalue weighted by Gasteiger charge is -2.15. The number of nitrogens with zero attached hydrogens (tertiary/aromatic N) is 2. The Morgan fingerprint density at radius 1 is 1.18 bits per heavy atom. The van der Waals surface area contributed by atoms with Gasteiger partial charge in [0.05, 0.1) is 0 Å². The molecule has 6 nitrogen and oxygen atoms in total. The molecule has 1 atom stereocenters. The number of aromatic amines is 1. The Hall–Kier alpha value is -2.89. The van der Waals surface area contributed by atoms with E-state index in [-0.39, 0.29) is 11.7 Å². The highest BCUT2D eigenvalue weighted by atomic mass is 16.3. The Bertz CT molecular complexity index is 776. The summed E-state index contributed by atoms with van der Waals surface area (Å²) in [5, 5.41) is 9.88. The van der Waals surface area contributed by atoms with Crippen molar-refractivity contribution in [3.63, 3.8) is 0 Å². The van der Waals surface area contributed by atoms with Gasteiger partial charge in [0.2, 0.25) is 0 Å². The molecule has 0 bridgehead atoms. The van der Waals surface area contributed by atoms with Gasteiger partial charge in [0.15, 0.2) is 11.6 Å². The van der Waals surface area contributed by atoms with Gasteiger partial charge in [0, 0.05) is 0 Å². The molecule has 1 aromatic carbocycles. The van der Waals surface area contributed by atoms with Crippen molar-refractivity contribution in [2.24, 2.45) is 0 Å². The molecule has 0 aliphatic rings. The first-order valence-corrected chi connectivity index (χ1v) is 6.94. The molecule has 0 aliphatic carbocycles. The van der Waals surface area contributed by atoms with Crippen LogP contribution < -0.4 is 5.32 Å². The van der Waals surface area contributed by atoms with Crippen LogP contribution in [0.2, 0.25) is 0 Å². The summed E-state index contributed by atoms with van der Waals surface area (Å²) in [4.78, 5) is 16.7. The van der Waals surface area contributed by atoms with Crippen LogP contribution in [0.25, 0.3) is 0 Å². The van der Waals surface area contributed by atoms with Crippen molar-refractivity contribution >= 4 is 5.91 Å². The van der Waals surface area contributed by atoms with E-state index < -0.39 is 6.04 Å². The number of hydrogen-bond donors (Lipinski definition) is 2. The van der Waals surface area contributed by atoms with Crippen molar-refractivity contribution in [3.8, 4) is 0 Å². The van der Waals surface area contributed by atoms with Crippen LogP contribution in [0.1, 0.15) is 39.6 Å². The maximum absolute atomic E-state index is 12.4. The first-order chi connectivity index (χ1) is 10.6. The molecule has 3 aromatic rings. The van der Waals surface area contributed by atoms with Gasteiger partial charge in [-0.2, -0.15) is 5.10 Å². The normalized spacial score (nSPS) is 12.1. The zero-order valence-corrected chi connectivity index (χ0v) is 12.3. The number of furan rings is 1. The van der Waals surface area contributed by atoms with E-state index in [9.17, 15) is 4.79 Å². The maximum atomic E-state index is 12.4. The molecule has 1 amide bonds. The second-order valence-electron chi connectivity index (χ2n) is 5.01. The highest BCUT2D eigenvalue weighted by Crippen LogP contribution is 2.20. The van der Waals surface area contributed by atoms with E-state index in [0.717, 1.165) is 5.56 Å². The first kappa shape index (κ1) is 14.1. The quantitative estimate of drug-likeness (QED) is 0.775. The van der Waals surface area contributed by atoms with E-state index >= 15 is 0 Å². The molecule has 0 aliphatic heterocycles. The van der Waals surface area contributed by atoms with Crippen molar-refractivity contribution in [3.05, 3.63) is 71.2 Å². The smallest absolute Gasteiger partial charge is 0.287 e. The molecule has 2 aromatic heterocycles. The third-order valence-electron chi connectivity index (χ3n) is 3.25. The molecule has 0 spiro atoms. The molecule has 0 saturated carbocycles. The molecule has 22 heavy (non-hydrogen) atoms. The number of nitrogens with one attached hydrogen (secondary N) is 2. The van der Waals surface area contributed by atoms with Gasteiger partial charge in [-0.15, -0.1) is 0 Å². The lowest BCUT2D eigenvalue weighted by Crippen LogP contribution is -2.29. The van der Waals surface area contributed by atoms with Gasteiger partial charge >= 0.3 is 0 Å². The molecule has 2 N–H and O–H groups in total. The van der Waals surface area contributed by atoms with E-state index in [1.807, 2.05) is 37.3 Å². The fourth-order valence-electron chi connectivity index (χ4n) is 2.19. The number of carbonyl (C=O) groups is 1. The molecule has 0 unspecified atom stereocenters. The van der Waals surface area contributed by atoms with Crippen LogP contribution in [0.4, 0.5) is 0 Å². The molecule has 6 heteroatoms. The average Bonchev–Trinajstić information content (AvgIpc) is 3.14. The third kappa shape index (κ3) is 2.90. The number of aromatic nitrogens is 3. The fourth-order valence-corrected chi connectivity index (χ4v) is 2.19. The van der Waals surface area contributed by atoms with Crippen LogP contribution in [0.3, 0.4) is 0 Å². The molecule has 3 rings (SSSR count). The van der Waals surface area contributed by atoms with Crippen molar-refractivity contribution in [1.82, 2.24) is 20.5 Å². The Morgan fingerprint density at radius 2 is 1.95 bits per heavy atom. The first-order valence-electron chi connectivity index (χ1n) is 6.94. The van der Waals surface area contributed by atoms with E-state index in [1.54, 1.807) is 19.1 Å². The zero-order chi connectivity index (χ0) is 15.5. The Kier molecular flexibility index (Phi) is 3.74. The number of H-pyrrole nitrogens is 1. The molecule has 0 saturated heterocycles. The Labute approximate surface area is 127 Å². The maximum Gasteiger partial charge on any atom is 0.287 e. The standard InChI is InChI=1S/C16H16N4O2/c1-10-8-9-13(22-10)16(21)18-14(12-6-4-3-5-7-12)15-17-11(2)19-20-15/h3-9,14H,1-2H3,(H,18,21)(H,17,19,20)/t14-/m1/s1. The monoisotopic (exact) mass is 296 g/mol. The number of aryl methyl sites for hydroxylation is 2. The van der Waals surface area contributed by atoms with Gasteiger partial charge in [0.1, 0.15) is 17.6 Å². The minimum absolute atomic E-state index is 0.269. The summed E-state index contributed by atoms with van der Waals surface area (Å²) < 4.78 is 5.36. The van der Waals surface area contributed by atoms with E-state index in [0.29, 0.717) is 17.4 Å². The summed E-state index contributed by atoms with van der Waals surface area (Å²) in [7, 11) is 0. The fraction of sp³-hybridized carbons (Fsp3) is 0.188. The van der Waals surface area contributed by atoms with Crippen LogP contribution in [-0.2, 0) is 0 Å². The minimum Gasteiger partial charge on any atom is -0.456 e. The van der Waals surface area contributed by atoms with Crippen molar-refractivity contribution < 1.29 is 9.21 Å². The van der Waals surface area contributed by atoms with Gasteiger partial charge in [-0.05, 0) is 31.5 Å². The van der Waals surface area contributed by atoms with E-state index in [1.165, 1.54) is 0 Å². The second-order valence-corrected chi connectivity index (χ2v) is 5.01. The van der Waals surface area contributed by atoms with Crippen LogP contribution >= 0.6 is 0 Å². The van der Waals surface area contributed by atoms with E-state index in [2.05, 4.69) is 20.5 Å². The van der Waals surface area contributed by atoms with Crippen LogP contribution in [0, 0.1) is 13.8 Å². The zero-order valence-electron chi connectivity index (χ0n) is 12.3. The summed E-state index contributed by atoms with van der Waals surface area (Å²) in [6, 6.07) is 12.5. The molecular formula is C16H16N4O2. The topological polar surface area (TPSA) is 83.8 Å².